The van der Waals surface area contributed by atoms with Crippen LogP contribution in [0.5, 0.6) is 5.88 Å². The zero-order chi connectivity index (χ0) is 13.1. The highest BCUT2D eigenvalue weighted by molar-refractivity contribution is 5.21. The average Bonchev–Trinajstić information content (AvgIpc) is 2.68. The van der Waals surface area contributed by atoms with E-state index in [0.717, 1.165) is 17.0 Å². The van der Waals surface area contributed by atoms with Gasteiger partial charge in [0.25, 0.3) is 0 Å². The first-order valence-electron chi connectivity index (χ1n) is 5.77. The van der Waals surface area contributed by atoms with Crippen molar-refractivity contribution in [2.24, 2.45) is 7.05 Å². The van der Waals surface area contributed by atoms with E-state index in [9.17, 15) is 5.11 Å². The normalized spacial score (nSPS) is 12.4. The molecule has 2 rings (SSSR count). The van der Waals surface area contributed by atoms with Crippen LogP contribution in [-0.4, -0.2) is 27.0 Å². The van der Waals surface area contributed by atoms with Crippen molar-refractivity contribution in [3.05, 3.63) is 41.3 Å². The molecule has 2 aromatic rings. The second-order valence-corrected chi connectivity index (χ2v) is 4.25. The molecule has 5 heteroatoms. The smallest absolute Gasteiger partial charge is 0.212 e. The predicted octanol–water partition coefficient (Wildman–Crippen LogP) is 1.41. The van der Waals surface area contributed by atoms with Crippen LogP contribution in [0.15, 0.2) is 24.4 Å². The predicted molar refractivity (Wildman–Crippen MR) is 67.4 cm³/mol. The van der Waals surface area contributed by atoms with Crippen molar-refractivity contribution in [1.29, 1.82) is 0 Å². The first-order valence-corrected chi connectivity index (χ1v) is 5.77. The van der Waals surface area contributed by atoms with Gasteiger partial charge in [0.05, 0.1) is 18.9 Å². The number of methoxy groups -OCH3 is 1. The van der Waals surface area contributed by atoms with Crippen molar-refractivity contribution < 1.29 is 9.84 Å². The SMILES string of the molecule is COc1ccc(C(O)Cc2cc(C)nn2C)cn1. The van der Waals surface area contributed by atoms with E-state index in [0.29, 0.717) is 12.3 Å². The molecule has 0 saturated heterocycles. The van der Waals surface area contributed by atoms with E-state index in [-0.39, 0.29) is 0 Å². The Morgan fingerprint density at radius 2 is 2.22 bits per heavy atom. The number of nitrogens with zero attached hydrogens (tertiary/aromatic N) is 3. The van der Waals surface area contributed by atoms with E-state index >= 15 is 0 Å². The minimum absolute atomic E-state index is 0.519. The summed E-state index contributed by atoms with van der Waals surface area (Å²) in [5.74, 6) is 0.544. The number of aliphatic hydroxyl groups excluding tert-OH is 1. The lowest BCUT2D eigenvalue weighted by atomic mass is 10.1. The quantitative estimate of drug-likeness (QED) is 0.887. The number of rotatable bonds is 4. The van der Waals surface area contributed by atoms with Crippen LogP contribution >= 0.6 is 0 Å². The van der Waals surface area contributed by atoms with E-state index in [1.54, 1.807) is 24.1 Å². The molecule has 18 heavy (non-hydrogen) atoms. The fourth-order valence-corrected chi connectivity index (χ4v) is 1.88. The van der Waals surface area contributed by atoms with Crippen molar-refractivity contribution in [3.63, 3.8) is 0 Å². The topological polar surface area (TPSA) is 60.2 Å². The van der Waals surface area contributed by atoms with Crippen LogP contribution in [0.3, 0.4) is 0 Å². The summed E-state index contributed by atoms with van der Waals surface area (Å²) in [5, 5.41) is 14.4. The summed E-state index contributed by atoms with van der Waals surface area (Å²) in [5.41, 5.74) is 2.72. The van der Waals surface area contributed by atoms with Gasteiger partial charge in [-0.2, -0.15) is 5.10 Å². The van der Waals surface area contributed by atoms with Gasteiger partial charge in [-0.25, -0.2) is 4.98 Å². The minimum atomic E-state index is -0.585. The fourth-order valence-electron chi connectivity index (χ4n) is 1.88. The molecule has 0 aliphatic rings. The molecular weight excluding hydrogens is 230 g/mol. The zero-order valence-electron chi connectivity index (χ0n) is 10.8. The first kappa shape index (κ1) is 12.6. The molecule has 0 spiro atoms. The van der Waals surface area contributed by atoms with Gasteiger partial charge in [-0.3, -0.25) is 4.68 Å². The molecule has 96 valence electrons. The van der Waals surface area contributed by atoms with Gasteiger partial charge in [0, 0.05) is 31.4 Å². The molecule has 0 radical (unpaired) electrons. The minimum Gasteiger partial charge on any atom is -0.481 e. The summed E-state index contributed by atoms with van der Waals surface area (Å²) < 4.78 is 6.77. The van der Waals surface area contributed by atoms with Crippen LogP contribution in [-0.2, 0) is 13.5 Å². The zero-order valence-corrected chi connectivity index (χ0v) is 10.8. The largest absolute Gasteiger partial charge is 0.481 e. The molecule has 1 unspecified atom stereocenters. The van der Waals surface area contributed by atoms with E-state index < -0.39 is 6.10 Å². The second-order valence-electron chi connectivity index (χ2n) is 4.25. The standard InChI is InChI=1S/C13H17N3O2/c1-9-6-11(16(2)15-9)7-12(17)10-4-5-13(18-3)14-8-10/h4-6,8,12,17H,7H2,1-3H3. The molecule has 5 nitrogen and oxygen atoms in total. The number of ether oxygens (including phenoxy) is 1. The summed E-state index contributed by atoms with van der Waals surface area (Å²) in [6, 6.07) is 5.53. The van der Waals surface area contributed by atoms with Gasteiger partial charge in [-0.1, -0.05) is 0 Å². The van der Waals surface area contributed by atoms with Crippen molar-refractivity contribution in [2.75, 3.05) is 7.11 Å². The van der Waals surface area contributed by atoms with Crippen molar-refractivity contribution in [3.8, 4) is 5.88 Å². The third kappa shape index (κ3) is 2.68. The maximum atomic E-state index is 10.1. The highest BCUT2D eigenvalue weighted by atomic mass is 16.5. The van der Waals surface area contributed by atoms with E-state index in [1.165, 1.54) is 0 Å². The number of hydrogen-bond acceptors (Lipinski definition) is 4. The van der Waals surface area contributed by atoms with Gasteiger partial charge < -0.3 is 9.84 Å². The molecule has 0 fully saturated rings. The van der Waals surface area contributed by atoms with Gasteiger partial charge >= 0.3 is 0 Å². The lowest BCUT2D eigenvalue weighted by molar-refractivity contribution is 0.175. The van der Waals surface area contributed by atoms with Crippen LogP contribution < -0.4 is 4.74 Å². The molecule has 0 aromatic carbocycles. The molecule has 0 saturated carbocycles. The Bertz CT molecular complexity index is 520. The lowest BCUT2D eigenvalue weighted by Crippen LogP contribution is -2.06. The monoisotopic (exact) mass is 247 g/mol. The van der Waals surface area contributed by atoms with Crippen molar-refractivity contribution in [2.45, 2.75) is 19.4 Å². The molecule has 0 bridgehead atoms. The summed E-state index contributed by atoms with van der Waals surface area (Å²) in [6.45, 7) is 1.94. The van der Waals surface area contributed by atoms with Crippen LogP contribution in [0, 0.1) is 6.92 Å². The molecule has 0 aliphatic heterocycles. The van der Waals surface area contributed by atoms with Crippen LogP contribution in [0.2, 0.25) is 0 Å². The van der Waals surface area contributed by atoms with Crippen molar-refractivity contribution in [1.82, 2.24) is 14.8 Å². The summed E-state index contributed by atoms with van der Waals surface area (Å²) >= 11 is 0. The number of aryl methyl sites for hydroxylation is 2. The Labute approximate surface area is 106 Å². The summed E-state index contributed by atoms with van der Waals surface area (Å²) in [6.07, 6.45) is 1.57. The number of aromatic nitrogens is 3. The molecule has 1 N–H and O–H groups in total. The molecule has 0 amide bonds. The maximum absolute atomic E-state index is 10.1. The van der Waals surface area contributed by atoms with Gasteiger partial charge in [0.1, 0.15) is 0 Å². The van der Waals surface area contributed by atoms with Gasteiger partial charge in [0.2, 0.25) is 5.88 Å². The van der Waals surface area contributed by atoms with E-state index in [2.05, 4.69) is 10.1 Å². The lowest BCUT2D eigenvalue weighted by Gasteiger charge is -2.11. The number of hydrogen-bond donors (Lipinski definition) is 1. The number of pyridine rings is 1. The van der Waals surface area contributed by atoms with Crippen LogP contribution in [0.1, 0.15) is 23.1 Å². The maximum Gasteiger partial charge on any atom is 0.212 e. The highest BCUT2D eigenvalue weighted by Gasteiger charge is 2.12. The Morgan fingerprint density at radius 1 is 1.44 bits per heavy atom. The highest BCUT2D eigenvalue weighted by Crippen LogP contribution is 2.19. The third-order valence-corrected chi connectivity index (χ3v) is 2.85. The Hall–Kier alpha value is -1.88. The van der Waals surface area contributed by atoms with Crippen LogP contribution in [0.4, 0.5) is 0 Å². The van der Waals surface area contributed by atoms with E-state index in [1.807, 2.05) is 26.1 Å². The van der Waals surface area contributed by atoms with Gasteiger partial charge in [-0.15, -0.1) is 0 Å². The number of aliphatic hydroxyl groups is 1. The molecule has 2 aromatic heterocycles. The first-order chi connectivity index (χ1) is 8.60. The molecule has 1 atom stereocenters. The molecule has 0 aliphatic carbocycles. The Morgan fingerprint density at radius 3 is 2.72 bits per heavy atom. The summed E-state index contributed by atoms with van der Waals surface area (Å²) in [7, 11) is 3.44. The Balaban J connectivity index is 2.11. The second kappa shape index (κ2) is 5.18. The van der Waals surface area contributed by atoms with Crippen molar-refractivity contribution >= 4 is 0 Å². The molecular formula is C13H17N3O2. The van der Waals surface area contributed by atoms with Gasteiger partial charge in [-0.05, 0) is 24.6 Å². The summed E-state index contributed by atoms with van der Waals surface area (Å²) in [4.78, 5) is 4.08. The average molecular weight is 247 g/mol. The molecule has 2 heterocycles. The van der Waals surface area contributed by atoms with E-state index in [4.69, 9.17) is 4.74 Å². The Kier molecular flexibility index (Phi) is 3.62. The fraction of sp³-hybridized carbons (Fsp3) is 0.385. The van der Waals surface area contributed by atoms with Crippen LogP contribution in [0.25, 0.3) is 0 Å². The third-order valence-electron chi connectivity index (χ3n) is 2.85. The van der Waals surface area contributed by atoms with Gasteiger partial charge in [0.15, 0.2) is 0 Å².